The summed E-state index contributed by atoms with van der Waals surface area (Å²) in [6, 6.07) is 0. The van der Waals surface area contributed by atoms with E-state index in [4.69, 9.17) is 10.2 Å². The van der Waals surface area contributed by atoms with Crippen LogP contribution in [0.25, 0.3) is 0 Å². The summed E-state index contributed by atoms with van der Waals surface area (Å²) >= 11 is 0. The van der Waals surface area contributed by atoms with Crippen LogP contribution in [0.3, 0.4) is 0 Å². The van der Waals surface area contributed by atoms with Gasteiger partial charge in [0.2, 0.25) is 5.91 Å². The van der Waals surface area contributed by atoms with Crippen molar-refractivity contribution in [3.05, 3.63) is 12.0 Å². The number of rotatable bonds is 4. The molecular formula is C9H12FNO4. The number of carboxylic acids is 1. The molecule has 1 aliphatic heterocycles. The zero-order valence-electron chi connectivity index (χ0n) is 8.02. The molecule has 1 amide bonds. The van der Waals surface area contributed by atoms with E-state index < -0.39 is 24.8 Å². The van der Waals surface area contributed by atoms with E-state index in [1.807, 2.05) is 0 Å². The Morgan fingerprint density at radius 1 is 1.60 bits per heavy atom. The Morgan fingerprint density at radius 2 is 2.27 bits per heavy atom. The van der Waals surface area contributed by atoms with Crippen molar-refractivity contribution in [2.24, 2.45) is 5.92 Å². The number of aliphatic hydroxyl groups is 1. The van der Waals surface area contributed by atoms with Crippen LogP contribution in [0.1, 0.15) is 12.8 Å². The van der Waals surface area contributed by atoms with Crippen LogP contribution in [-0.2, 0) is 9.59 Å². The van der Waals surface area contributed by atoms with Gasteiger partial charge in [0, 0.05) is 25.1 Å². The van der Waals surface area contributed by atoms with Crippen molar-refractivity contribution in [2.45, 2.75) is 12.8 Å². The Morgan fingerprint density at radius 3 is 2.73 bits per heavy atom. The third-order valence-corrected chi connectivity index (χ3v) is 2.09. The quantitative estimate of drug-likeness (QED) is 0.679. The topological polar surface area (TPSA) is 77.8 Å². The highest BCUT2D eigenvalue weighted by atomic mass is 19.1. The Labute approximate surface area is 85.8 Å². The molecule has 0 aromatic heterocycles. The normalized spacial score (nSPS) is 22.2. The number of aliphatic hydroxyl groups excluding tert-OH is 1. The average molecular weight is 217 g/mol. The van der Waals surface area contributed by atoms with Crippen LogP contribution in [-0.4, -0.2) is 40.2 Å². The molecule has 1 saturated heterocycles. The molecule has 2 N–H and O–H groups in total. The molecular weight excluding hydrogens is 205 g/mol. The Balaban J connectivity index is 2.58. The zero-order chi connectivity index (χ0) is 11.4. The summed E-state index contributed by atoms with van der Waals surface area (Å²) in [7, 11) is 0. The second-order valence-electron chi connectivity index (χ2n) is 3.46. The number of hydrogen-bond acceptors (Lipinski definition) is 3. The fourth-order valence-corrected chi connectivity index (χ4v) is 1.42. The van der Waals surface area contributed by atoms with E-state index in [9.17, 15) is 14.0 Å². The number of amides is 1. The number of nitrogens with zero attached hydrogens (tertiary/aromatic N) is 1. The van der Waals surface area contributed by atoms with E-state index in [1.54, 1.807) is 0 Å². The predicted molar refractivity (Wildman–Crippen MR) is 48.8 cm³/mol. The highest BCUT2D eigenvalue weighted by Crippen LogP contribution is 2.19. The molecule has 0 spiro atoms. The monoisotopic (exact) mass is 217 g/mol. The molecule has 0 unspecified atom stereocenters. The molecule has 0 bridgehead atoms. The van der Waals surface area contributed by atoms with E-state index in [1.165, 1.54) is 0 Å². The van der Waals surface area contributed by atoms with Gasteiger partial charge < -0.3 is 15.1 Å². The minimum atomic E-state index is -1.18. The molecule has 0 saturated carbocycles. The van der Waals surface area contributed by atoms with E-state index in [2.05, 4.69) is 0 Å². The fourth-order valence-electron chi connectivity index (χ4n) is 1.42. The van der Waals surface area contributed by atoms with Crippen molar-refractivity contribution in [2.75, 3.05) is 13.2 Å². The molecule has 5 nitrogen and oxygen atoms in total. The number of likely N-dealkylation sites (tertiary alicyclic amines) is 1. The molecule has 15 heavy (non-hydrogen) atoms. The van der Waals surface area contributed by atoms with Gasteiger partial charge in [0.05, 0.1) is 6.67 Å². The summed E-state index contributed by atoms with van der Waals surface area (Å²) in [6.45, 7) is -0.394. The molecule has 1 aliphatic rings. The second kappa shape index (κ2) is 4.77. The average Bonchev–Trinajstić information content (AvgIpc) is 2.46. The van der Waals surface area contributed by atoms with Gasteiger partial charge in [-0.2, -0.15) is 0 Å². The van der Waals surface area contributed by atoms with Crippen LogP contribution in [0.2, 0.25) is 0 Å². The molecule has 1 fully saturated rings. The molecule has 0 radical (unpaired) electrons. The van der Waals surface area contributed by atoms with Gasteiger partial charge in [-0.15, -0.1) is 0 Å². The van der Waals surface area contributed by atoms with Gasteiger partial charge in [-0.25, -0.2) is 0 Å². The second-order valence-corrected chi connectivity index (χ2v) is 3.46. The summed E-state index contributed by atoms with van der Waals surface area (Å²) in [5.74, 6) is -2.24. The SMILES string of the molecule is O=C(O)C/C(O)=C/N1C[C@@H](CF)CC1=O. The molecule has 1 rings (SSSR count). The van der Waals surface area contributed by atoms with Gasteiger partial charge in [0.1, 0.15) is 12.2 Å². The number of carboxylic acid groups (broad SMARTS) is 1. The summed E-state index contributed by atoms with van der Waals surface area (Å²) in [6.07, 6.45) is 0.629. The maximum Gasteiger partial charge on any atom is 0.311 e. The van der Waals surface area contributed by atoms with E-state index in [-0.39, 0.29) is 24.8 Å². The molecule has 0 aromatic rings. The number of aliphatic carboxylic acids is 1. The van der Waals surface area contributed by atoms with Crippen LogP contribution >= 0.6 is 0 Å². The first-order chi connectivity index (χ1) is 7.02. The highest BCUT2D eigenvalue weighted by molar-refractivity contribution is 5.80. The van der Waals surface area contributed by atoms with Crippen LogP contribution in [0.4, 0.5) is 4.39 Å². The summed E-state index contributed by atoms with van der Waals surface area (Å²) in [4.78, 5) is 22.6. The van der Waals surface area contributed by atoms with Crippen LogP contribution in [0.15, 0.2) is 12.0 Å². The first-order valence-electron chi connectivity index (χ1n) is 4.49. The van der Waals surface area contributed by atoms with Crippen molar-refractivity contribution < 1.29 is 24.2 Å². The third-order valence-electron chi connectivity index (χ3n) is 2.09. The zero-order valence-corrected chi connectivity index (χ0v) is 8.02. The van der Waals surface area contributed by atoms with Crippen molar-refractivity contribution in [3.8, 4) is 0 Å². The van der Waals surface area contributed by atoms with Gasteiger partial charge in [-0.05, 0) is 0 Å². The Kier molecular flexibility index (Phi) is 3.65. The van der Waals surface area contributed by atoms with Crippen molar-refractivity contribution in [1.29, 1.82) is 0 Å². The van der Waals surface area contributed by atoms with Crippen molar-refractivity contribution in [3.63, 3.8) is 0 Å². The summed E-state index contributed by atoms with van der Waals surface area (Å²) in [5, 5.41) is 17.5. The fraction of sp³-hybridized carbons (Fsp3) is 0.556. The summed E-state index contributed by atoms with van der Waals surface area (Å²) in [5.41, 5.74) is 0. The van der Waals surface area contributed by atoms with E-state index >= 15 is 0 Å². The van der Waals surface area contributed by atoms with Crippen LogP contribution < -0.4 is 0 Å². The highest BCUT2D eigenvalue weighted by Gasteiger charge is 2.28. The van der Waals surface area contributed by atoms with Crippen LogP contribution in [0.5, 0.6) is 0 Å². The Hall–Kier alpha value is -1.59. The third kappa shape index (κ3) is 3.23. The number of halogens is 1. The first kappa shape index (κ1) is 11.5. The van der Waals surface area contributed by atoms with Gasteiger partial charge in [-0.3, -0.25) is 14.0 Å². The number of carbonyl (C=O) groups is 2. The van der Waals surface area contributed by atoms with Crippen molar-refractivity contribution >= 4 is 11.9 Å². The molecule has 84 valence electrons. The van der Waals surface area contributed by atoms with E-state index in [0.29, 0.717) is 0 Å². The standard InChI is InChI=1S/C9H12FNO4/c10-3-6-1-8(13)11(4-6)5-7(12)2-9(14)15/h5-6,12H,1-4H2,(H,14,15)/b7-5-/t6-/m1/s1. The van der Waals surface area contributed by atoms with E-state index in [0.717, 1.165) is 11.1 Å². The first-order valence-corrected chi connectivity index (χ1v) is 4.49. The van der Waals surface area contributed by atoms with Gasteiger partial charge in [0.25, 0.3) is 0 Å². The van der Waals surface area contributed by atoms with Crippen LogP contribution in [0, 0.1) is 5.92 Å². The molecule has 0 aliphatic carbocycles. The lowest BCUT2D eigenvalue weighted by molar-refractivity contribution is -0.137. The van der Waals surface area contributed by atoms with Gasteiger partial charge in [0.15, 0.2) is 0 Å². The maximum absolute atomic E-state index is 12.2. The predicted octanol–water partition coefficient (Wildman–Crippen LogP) is 0.679. The smallest absolute Gasteiger partial charge is 0.311 e. The lowest BCUT2D eigenvalue weighted by atomic mass is 10.1. The lowest BCUT2D eigenvalue weighted by Crippen LogP contribution is -2.19. The summed E-state index contributed by atoms with van der Waals surface area (Å²) < 4.78 is 12.2. The number of alkyl halides is 1. The lowest BCUT2D eigenvalue weighted by Gasteiger charge is -2.10. The van der Waals surface area contributed by atoms with Gasteiger partial charge in [-0.1, -0.05) is 0 Å². The largest absolute Gasteiger partial charge is 0.510 e. The van der Waals surface area contributed by atoms with Gasteiger partial charge >= 0.3 is 5.97 Å². The molecule has 0 aromatic carbocycles. The Bertz CT molecular complexity index is 302. The molecule has 1 atom stereocenters. The number of hydrogen-bond donors (Lipinski definition) is 2. The minimum Gasteiger partial charge on any atom is -0.510 e. The molecule has 1 heterocycles. The number of carbonyl (C=O) groups excluding carboxylic acids is 1. The molecule has 6 heteroatoms. The van der Waals surface area contributed by atoms with Crippen molar-refractivity contribution in [1.82, 2.24) is 4.90 Å². The maximum atomic E-state index is 12.2. The minimum absolute atomic E-state index is 0.105.